The van der Waals surface area contributed by atoms with E-state index in [1.807, 2.05) is 0 Å². The molecule has 138 valence electrons. The molecule has 0 saturated heterocycles. The molecule has 0 heterocycles. The third-order valence-electron chi connectivity index (χ3n) is 6.02. The fraction of sp³-hybridized carbons (Fsp3) is 0.895. The molecule has 24 heavy (non-hydrogen) atoms. The summed E-state index contributed by atoms with van der Waals surface area (Å²) in [5, 5.41) is 10.1. The van der Waals surface area contributed by atoms with Gasteiger partial charge in [-0.25, -0.2) is 0 Å². The Labute approximate surface area is 145 Å². The molecule has 0 aliphatic heterocycles. The minimum atomic E-state index is -0.506. The molecule has 0 amide bonds. The van der Waals surface area contributed by atoms with Crippen molar-refractivity contribution in [2.24, 2.45) is 16.7 Å². The first kappa shape index (κ1) is 19.2. The van der Waals surface area contributed by atoms with Gasteiger partial charge < -0.3 is 14.6 Å². The molecule has 0 radical (unpaired) electrons. The monoisotopic (exact) mass is 340 g/mol. The van der Waals surface area contributed by atoms with Gasteiger partial charge in [-0.1, -0.05) is 26.2 Å². The summed E-state index contributed by atoms with van der Waals surface area (Å²) in [4.78, 5) is 24.7. The Kier molecular flexibility index (Phi) is 6.29. The molecule has 2 aliphatic rings. The summed E-state index contributed by atoms with van der Waals surface area (Å²) in [6.45, 7) is 2.11. The molecule has 2 fully saturated rings. The Hall–Kier alpha value is -1.10. The number of rotatable bonds is 11. The van der Waals surface area contributed by atoms with Gasteiger partial charge in [-0.15, -0.1) is 0 Å². The van der Waals surface area contributed by atoms with Crippen molar-refractivity contribution >= 4 is 11.9 Å². The van der Waals surface area contributed by atoms with E-state index in [1.54, 1.807) is 0 Å². The second-order valence-electron chi connectivity index (χ2n) is 7.57. The molecule has 0 spiro atoms. The van der Waals surface area contributed by atoms with E-state index in [1.165, 1.54) is 14.2 Å². The quantitative estimate of drug-likeness (QED) is 0.585. The summed E-state index contributed by atoms with van der Waals surface area (Å²) in [7, 11) is 2.84. The van der Waals surface area contributed by atoms with Crippen LogP contribution in [0.25, 0.3) is 0 Å². The van der Waals surface area contributed by atoms with Gasteiger partial charge in [0.2, 0.25) is 0 Å². The number of methoxy groups -OCH3 is 2. The largest absolute Gasteiger partial charge is 0.469 e. The second-order valence-corrected chi connectivity index (χ2v) is 7.57. The first-order valence-corrected chi connectivity index (χ1v) is 9.31. The number of ether oxygens (including phenoxy) is 2. The number of aliphatic hydroxyl groups is 1. The number of aliphatic hydroxyl groups excluding tert-OH is 1. The molecule has 0 bridgehead atoms. The highest BCUT2D eigenvalue weighted by molar-refractivity contribution is 5.85. The van der Waals surface area contributed by atoms with Crippen LogP contribution in [0.4, 0.5) is 0 Å². The second kappa shape index (κ2) is 7.85. The maximum Gasteiger partial charge on any atom is 0.312 e. The molecule has 0 aromatic rings. The van der Waals surface area contributed by atoms with E-state index in [9.17, 15) is 14.7 Å². The predicted molar refractivity (Wildman–Crippen MR) is 90.2 cm³/mol. The van der Waals surface area contributed by atoms with Crippen LogP contribution < -0.4 is 0 Å². The van der Waals surface area contributed by atoms with E-state index >= 15 is 0 Å². The first-order valence-electron chi connectivity index (χ1n) is 9.31. The molecule has 5 heteroatoms. The number of carbonyl (C=O) groups is 2. The fourth-order valence-corrected chi connectivity index (χ4v) is 4.29. The van der Waals surface area contributed by atoms with E-state index in [2.05, 4.69) is 6.92 Å². The molecule has 0 aromatic heterocycles. The number of unbranched alkanes of at least 4 members (excludes halogenated alkanes) is 1. The molecular weight excluding hydrogens is 308 g/mol. The summed E-state index contributed by atoms with van der Waals surface area (Å²) >= 11 is 0. The molecule has 2 rings (SSSR count). The average molecular weight is 340 g/mol. The number of hydrogen-bond donors (Lipinski definition) is 1. The van der Waals surface area contributed by atoms with Gasteiger partial charge in [0, 0.05) is 0 Å². The van der Waals surface area contributed by atoms with Crippen molar-refractivity contribution in [2.75, 3.05) is 14.2 Å². The van der Waals surface area contributed by atoms with Gasteiger partial charge in [0.25, 0.3) is 0 Å². The Morgan fingerprint density at radius 1 is 0.917 bits per heavy atom. The van der Waals surface area contributed by atoms with Gasteiger partial charge in [-0.05, 0) is 50.9 Å². The maximum absolute atomic E-state index is 12.3. The van der Waals surface area contributed by atoms with Crippen LogP contribution in [0.15, 0.2) is 0 Å². The van der Waals surface area contributed by atoms with E-state index in [4.69, 9.17) is 9.47 Å². The molecule has 2 aliphatic carbocycles. The smallest absolute Gasteiger partial charge is 0.312 e. The van der Waals surface area contributed by atoms with Crippen LogP contribution in [-0.4, -0.2) is 37.4 Å². The average Bonchev–Trinajstić information content (AvgIpc) is 3.50. The lowest BCUT2D eigenvalue weighted by Gasteiger charge is -2.31. The minimum Gasteiger partial charge on any atom is -0.469 e. The van der Waals surface area contributed by atoms with Crippen LogP contribution in [0, 0.1) is 16.7 Å². The summed E-state index contributed by atoms with van der Waals surface area (Å²) in [5.74, 6) is -0.397. The zero-order chi connectivity index (χ0) is 17.8. The number of carbonyl (C=O) groups excluding carboxylic acids is 2. The van der Waals surface area contributed by atoms with Crippen LogP contribution in [0.1, 0.15) is 71.1 Å². The van der Waals surface area contributed by atoms with Crippen molar-refractivity contribution in [3.05, 3.63) is 0 Å². The highest BCUT2D eigenvalue weighted by atomic mass is 16.5. The van der Waals surface area contributed by atoms with Crippen molar-refractivity contribution < 1.29 is 24.2 Å². The fourth-order valence-electron chi connectivity index (χ4n) is 4.29. The molecule has 5 nitrogen and oxygen atoms in total. The van der Waals surface area contributed by atoms with Crippen molar-refractivity contribution in [3.63, 3.8) is 0 Å². The predicted octanol–water partition coefficient (Wildman–Crippen LogP) is 3.23. The first-order chi connectivity index (χ1) is 11.5. The zero-order valence-electron chi connectivity index (χ0n) is 15.3. The third-order valence-corrected chi connectivity index (χ3v) is 6.02. The topological polar surface area (TPSA) is 72.8 Å². The van der Waals surface area contributed by atoms with Gasteiger partial charge in [0.05, 0.1) is 31.2 Å². The van der Waals surface area contributed by atoms with Gasteiger partial charge in [0.1, 0.15) is 0 Å². The molecular formula is C19H32O5. The summed E-state index contributed by atoms with van der Waals surface area (Å²) in [5.41, 5.74) is -1.01. The van der Waals surface area contributed by atoms with Crippen LogP contribution in [0.2, 0.25) is 0 Å². The zero-order valence-corrected chi connectivity index (χ0v) is 15.3. The molecule has 1 atom stereocenters. The lowest BCUT2D eigenvalue weighted by molar-refractivity contribution is -0.157. The molecule has 0 aromatic carbocycles. The summed E-state index contributed by atoms with van der Waals surface area (Å²) in [6, 6.07) is 0. The van der Waals surface area contributed by atoms with Gasteiger partial charge in [0.15, 0.2) is 0 Å². The number of hydrogen-bond acceptors (Lipinski definition) is 5. The lowest BCUT2D eigenvalue weighted by atomic mass is 9.73. The van der Waals surface area contributed by atoms with E-state index in [-0.39, 0.29) is 24.0 Å². The lowest BCUT2D eigenvalue weighted by Crippen LogP contribution is -2.38. The van der Waals surface area contributed by atoms with Crippen molar-refractivity contribution in [1.82, 2.24) is 0 Å². The van der Waals surface area contributed by atoms with Crippen LogP contribution >= 0.6 is 0 Å². The maximum atomic E-state index is 12.3. The van der Waals surface area contributed by atoms with Crippen LogP contribution in [0.3, 0.4) is 0 Å². The highest BCUT2D eigenvalue weighted by Crippen LogP contribution is 2.67. The van der Waals surface area contributed by atoms with Crippen molar-refractivity contribution in [2.45, 2.75) is 77.2 Å². The minimum absolute atomic E-state index is 0.0247. The van der Waals surface area contributed by atoms with Crippen LogP contribution in [-0.2, 0) is 19.1 Å². The Balaban J connectivity index is 2.03. The Morgan fingerprint density at radius 2 is 1.38 bits per heavy atom. The SMILES string of the molecule is CCCCC(O)CCCC(C1(C(=O)OC)CC1)C1(C(=O)OC)CC1. The Bertz CT molecular complexity index is 419. The van der Waals surface area contributed by atoms with Crippen molar-refractivity contribution in [3.8, 4) is 0 Å². The van der Waals surface area contributed by atoms with E-state index < -0.39 is 10.8 Å². The van der Waals surface area contributed by atoms with Crippen LogP contribution in [0.5, 0.6) is 0 Å². The summed E-state index contributed by atoms with van der Waals surface area (Å²) < 4.78 is 10.1. The molecule has 1 N–H and O–H groups in total. The van der Waals surface area contributed by atoms with E-state index in [0.29, 0.717) is 0 Å². The van der Waals surface area contributed by atoms with Gasteiger partial charge in [-0.3, -0.25) is 9.59 Å². The molecule has 1 unspecified atom stereocenters. The van der Waals surface area contributed by atoms with E-state index in [0.717, 1.165) is 64.2 Å². The normalized spacial score (nSPS) is 21.2. The Morgan fingerprint density at radius 3 is 1.75 bits per heavy atom. The van der Waals surface area contributed by atoms with Gasteiger partial charge in [-0.2, -0.15) is 0 Å². The van der Waals surface area contributed by atoms with Gasteiger partial charge >= 0.3 is 11.9 Å². The third kappa shape index (κ3) is 3.76. The standard InChI is InChI=1S/C19H32O5/c1-4-5-7-14(20)8-6-9-15(18(10-11-18)16(21)23-2)19(12-13-19)17(22)24-3/h14-15,20H,4-13H2,1-3H3. The summed E-state index contributed by atoms with van der Waals surface area (Å²) in [6.07, 6.45) is 8.15. The number of esters is 2. The highest BCUT2D eigenvalue weighted by Gasteiger charge is 2.68. The van der Waals surface area contributed by atoms with Crippen molar-refractivity contribution in [1.29, 1.82) is 0 Å². The molecule has 2 saturated carbocycles.